The summed E-state index contributed by atoms with van der Waals surface area (Å²) in [4.78, 5) is 5.82. The summed E-state index contributed by atoms with van der Waals surface area (Å²) in [6, 6.07) is 4.53. The lowest BCUT2D eigenvalue weighted by atomic mass is 9.96. The van der Waals surface area contributed by atoms with Gasteiger partial charge in [-0.1, -0.05) is 25.3 Å². The fourth-order valence-corrected chi connectivity index (χ4v) is 2.66. The quantitative estimate of drug-likeness (QED) is 0.350. The minimum atomic E-state index is 0.465. The van der Waals surface area contributed by atoms with Crippen LogP contribution in [0.1, 0.15) is 37.0 Å². The first-order valence-corrected chi connectivity index (χ1v) is 6.36. The summed E-state index contributed by atoms with van der Waals surface area (Å²) in [5, 5.41) is 2.04. The molecule has 0 unspecified atom stereocenters. The zero-order chi connectivity index (χ0) is 10.5. The minimum Gasteiger partial charge on any atom is -0.308 e. The molecule has 0 bridgehead atoms. The van der Waals surface area contributed by atoms with Crippen molar-refractivity contribution >= 4 is 17.2 Å². The number of amidine groups is 1. The fraction of sp³-hybridized carbons (Fsp3) is 0.545. The number of hydrogen-bond donors (Lipinski definition) is 2. The maximum atomic E-state index is 5.51. The van der Waals surface area contributed by atoms with Gasteiger partial charge in [0, 0.05) is 0 Å². The molecule has 3 N–H and O–H groups in total. The van der Waals surface area contributed by atoms with E-state index >= 15 is 0 Å². The van der Waals surface area contributed by atoms with E-state index in [0.29, 0.717) is 6.04 Å². The Morgan fingerprint density at radius 2 is 2.20 bits per heavy atom. The van der Waals surface area contributed by atoms with Crippen molar-refractivity contribution in [3.8, 4) is 0 Å². The van der Waals surface area contributed by atoms with E-state index in [1.807, 2.05) is 17.5 Å². The third-order valence-electron chi connectivity index (χ3n) is 2.78. The van der Waals surface area contributed by atoms with E-state index in [1.165, 1.54) is 32.1 Å². The number of hydrogen-bond acceptors (Lipinski definition) is 3. The third-order valence-corrected chi connectivity index (χ3v) is 3.65. The number of hydrazine groups is 1. The molecule has 82 valence electrons. The zero-order valence-electron chi connectivity index (χ0n) is 8.78. The highest BCUT2D eigenvalue weighted by atomic mass is 32.1. The van der Waals surface area contributed by atoms with Crippen molar-refractivity contribution in [1.29, 1.82) is 0 Å². The van der Waals surface area contributed by atoms with Crippen LogP contribution in [0.4, 0.5) is 0 Å². The van der Waals surface area contributed by atoms with E-state index in [4.69, 9.17) is 5.84 Å². The Bertz CT molecular complexity index is 313. The van der Waals surface area contributed by atoms with Crippen LogP contribution in [0.2, 0.25) is 0 Å². The number of rotatable bonds is 2. The van der Waals surface area contributed by atoms with Gasteiger partial charge in [-0.2, -0.15) is 0 Å². The van der Waals surface area contributed by atoms with Crippen molar-refractivity contribution < 1.29 is 0 Å². The summed E-state index contributed by atoms with van der Waals surface area (Å²) in [7, 11) is 0. The monoisotopic (exact) mass is 223 g/mol. The van der Waals surface area contributed by atoms with Crippen molar-refractivity contribution in [3.63, 3.8) is 0 Å². The Balaban J connectivity index is 2.08. The second-order valence-corrected chi connectivity index (χ2v) is 4.84. The van der Waals surface area contributed by atoms with E-state index in [-0.39, 0.29) is 0 Å². The molecule has 0 amide bonds. The summed E-state index contributed by atoms with van der Waals surface area (Å²) >= 11 is 1.67. The highest BCUT2D eigenvalue weighted by molar-refractivity contribution is 7.12. The lowest BCUT2D eigenvalue weighted by Gasteiger charge is -2.18. The molecule has 1 aromatic rings. The fourth-order valence-electron chi connectivity index (χ4n) is 1.98. The Labute approximate surface area is 94.4 Å². The number of aliphatic imine (C=N–C) groups is 1. The van der Waals surface area contributed by atoms with Gasteiger partial charge in [0.15, 0.2) is 5.84 Å². The van der Waals surface area contributed by atoms with Crippen LogP contribution in [0.3, 0.4) is 0 Å². The molecule has 15 heavy (non-hydrogen) atoms. The Morgan fingerprint density at radius 3 is 2.80 bits per heavy atom. The highest BCUT2D eigenvalue weighted by Crippen LogP contribution is 2.21. The molecule has 1 fully saturated rings. The molecule has 4 heteroatoms. The smallest absolute Gasteiger partial charge is 0.153 e. The number of thiophene rings is 1. The van der Waals surface area contributed by atoms with E-state index in [2.05, 4.69) is 10.4 Å². The lowest BCUT2D eigenvalue weighted by Crippen LogP contribution is -2.32. The van der Waals surface area contributed by atoms with Gasteiger partial charge >= 0.3 is 0 Å². The van der Waals surface area contributed by atoms with Crippen LogP contribution < -0.4 is 11.3 Å². The van der Waals surface area contributed by atoms with Crippen LogP contribution in [-0.2, 0) is 0 Å². The largest absolute Gasteiger partial charge is 0.308 e. The third kappa shape index (κ3) is 2.79. The summed E-state index contributed by atoms with van der Waals surface area (Å²) < 4.78 is 0. The molecule has 1 aliphatic carbocycles. The van der Waals surface area contributed by atoms with E-state index in [1.54, 1.807) is 11.3 Å². The SMILES string of the molecule is NNC(=NC1CCCCC1)c1cccs1. The second-order valence-electron chi connectivity index (χ2n) is 3.89. The normalized spacial score (nSPS) is 19.1. The molecule has 0 aliphatic heterocycles. The van der Waals surface area contributed by atoms with E-state index in [0.717, 1.165) is 10.7 Å². The van der Waals surface area contributed by atoms with Crippen LogP contribution in [-0.4, -0.2) is 11.9 Å². The van der Waals surface area contributed by atoms with Gasteiger partial charge in [-0.05, 0) is 24.3 Å². The predicted octanol–water partition coefficient (Wildman–Crippen LogP) is 2.29. The van der Waals surface area contributed by atoms with Gasteiger partial charge in [0.25, 0.3) is 0 Å². The summed E-state index contributed by atoms with van der Waals surface area (Å²) in [6.45, 7) is 0. The van der Waals surface area contributed by atoms with Crippen molar-refractivity contribution in [2.75, 3.05) is 0 Å². The van der Waals surface area contributed by atoms with Crippen molar-refractivity contribution in [3.05, 3.63) is 22.4 Å². The molecule has 1 aliphatic rings. The lowest BCUT2D eigenvalue weighted by molar-refractivity contribution is 0.442. The summed E-state index contributed by atoms with van der Waals surface area (Å²) in [5.41, 5.74) is 2.71. The maximum absolute atomic E-state index is 5.51. The summed E-state index contributed by atoms with van der Waals surface area (Å²) in [5.74, 6) is 6.35. The van der Waals surface area contributed by atoms with Gasteiger partial charge in [0.05, 0.1) is 10.9 Å². The first-order chi connectivity index (χ1) is 7.40. The molecule has 0 saturated heterocycles. The highest BCUT2D eigenvalue weighted by Gasteiger charge is 2.13. The van der Waals surface area contributed by atoms with Gasteiger partial charge in [0.1, 0.15) is 0 Å². The average molecular weight is 223 g/mol. The Kier molecular flexibility index (Phi) is 3.75. The number of nitrogens with two attached hydrogens (primary N) is 1. The molecular weight excluding hydrogens is 206 g/mol. The summed E-state index contributed by atoms with van der Waals surface area (Å²) in [6.07, 6.45) is 6.37. The second kappa shape index (κ2) is 5.28. The number of nitrogens with one attached hydrogen (secondary N) is 1. The van der Waals surface area contributed by atoms with Crippen LogP contribution in [0.5, 0.6) is 0 Å². The van der Waals surface area contributed by atoms with Gasteiger partial charge in [-0.3, -0.25) is 4.99 Å². The van der Waals surface area contributed by atoms with Crippen molar-refractivity contribution in [2.45, 2.75) is 38.1 Å². The first-order valence-electron chi connectivity index (χ1n) is 5.48. The first kappa shape index (κ1) is 10.6. The van der Waals surface area contributed by atoms with Crippen LogP contribution >= 0.6 is 11.3 Å². The number of nitrogens with zero attached hydrogens (tertiary/aromatic N) is 1. The van der Waals surface area contributed by atoms with Crippen molar-refractivity contribution in [1.82, 2.24) is 5.43 Å². The van der Waals surface area contributed by atoms with E-state index in [9.17, 15) is 0 Å². The molecule has 1 saturated carbocycles. The van der Waals surface area contributed by atoms with Gasteiger partial charge in [-0.15, -0.1) is 11.3 Å². The van der Waals surface area contributed by atoms with Crippen molar-refractivity contribution in [2.24, 2.45) is 10.8 Å². The molecular formula is C11H17N3S. The molecule has 1 heterocycles. The van der Waals surface area contributed by atoms with Gasteiger partial charge < -0.3 is 5.43 Å². The Morgan fingerprint density at radius 1 is 1.40 bits per heavy atom. The topological polar surface area (TPSA) is 50.4 Å². The zero-order valence-corrected chi connectivity index (χ0v) is 9.59. The molecule has 0 spiro atoms. The maximum Gasteiger partial charge on any atom is 0.153 e. The predicted molar refractivity (Wildman–Crippen MR) is 65.1 cm³/mol. The average Bonchev–Trinajstić information content (AvgIpc) is 2.81. The molecule has 0 aromatic carbocycles. The van der Waals surface area contributed by atoms with Crippen LogP contribution in [0.25, 0.3) is 0 Å². The molecule has 2 rings (SSSR count). The van der Waals surface area contributed by atoms with Crippen LogP contribution in [0, 0.1) is 0 Å². The minimum absolute atomic E-state index is 0.465. The van der Waals surface area contributed by atoms with Gasteiger partial charge in [-0.25, -0.2) is 5.84 Å². The standard InChI is InChI=1S/C11H17N3S/c12-14-11(10-7-4-8-15-10)13-9-5-2-1-3-6-9/h4,7-9H,1-3,5-6,12H2,(H,13,14). The molecule has 0 atom stereocenters. The molecule has 3 nitrogen and oxygen atoms in total. The van der Waals surface area contributed by atoms with E-state index < -0.39 is 0 Å². The Hall–Kier alpha value is -0.870. The molecule has 0 radical (unpaired) electrons. The molecule has 1 aromatic heterocycles. The van der Waals surface area contributed by atoms with Crippen LogP contribution in [0.15, 0.2) is 22.5 Å². The van der Waals surface area contributed by atoms with Gasteiger partial charge in [0.2, 0.25) is 0 Å².